The van der Waals surface area contributed by atoms with Gasteiger partial charge < -0.3 is 9.73 Å². The summed E-state index contributed by atoms with van der Waals surface area (Å²) in [6, 6.07) is 8.58. The van der Waals surface area contributed by atoms with Gasteiger partial charge in [0.1, 0.15) is 5.76 Å². The summed E-state index contributed by atoms with van der Waals surface area (Å²) in [6.07, 6.45) is 2.21. The lowest BCUT2D eigenvalue weighted by Crippen LogP contribution is -2.62. The number of rotatable bonds is 4. The van der Waals surface area contributed by atoms with E-state index in [1.54, 1.807) is 31.2 Å². The third-order valence-corrected chi connectivity index (χ3v) is 5.92. The van der Waals surface area contributed by atoms with Crippen LogP contribution >= 0.6 is 0 Å². The zero-order chi connectivity index (χ0) is 19.1. The Hall–Kier alpha value is -2.67. The molecule has 0 saturated carbocycles. The number of fused-ring (bicyclic) bond motifs is 3. The fraction of sp³-hybridized carbons (Fsp3) is 0.450. The lowest BCUT2D eigenvalue weighted by molar-refractivity contribution is -0.384. The summed E-state index contributed by atoms with van der Waals surface area (Å²) in [5.74, 6) is 0.750. The van der Waals surface area contributed by atoms with Crippen LogP contribution in [0.1, 0.15) is 35.9 Å². The Labute approximate surface area is 157 Å². The normalized spacial score (nSPS) is 26.7. The van der Waals surface area contributed by atoms with Crippen molar-refractivity contribution in [1.29, 1.82) is 0 Å². The smallest absolute Gasteiger partial charge is 0.287 e. The number of carbonyl (C=O) groups is 1. The van der Waals surface area contributed by atoms with Gasteiger partial charge in [-0.1, -0.05) is 6.07 Å². The van der Waals surface area contributed by atoms with Crippen LogP contribution in [0.3, 0.4) is 0 Å². The lowest BCUT2D eigenvalue weighted by atomic mass is 9.79. The van der Waals surface area contributed by atoms with Gasteiger partial charge in [0.15, 0.2) is 5.76 Å². The van der Waals surface area contributed by atoms with Gasteiger partial charge >= 0.3 is 0 Å². The third-order valence-electron chi connectivity index (χ3n) is 5.92. The number of nitro groups is 1. The maximum Gasteiger partial charge on any atom is 0.287 e. The Morgan fingerprint density at radius 2 is 2.00 bits per heavy atom. The maximum atomic E-state index is 12.7. The highest BCUT2D eigenvalue weighted by Crippen LogP contribution is 2.34. The number of nitrogens with one attached hydrogen (secondary N) is 1. The first-order valence-electron chi connectivity index (χ1n) is 9.34. The quantitative estimate of drug-likeness (QED) is 0.659. The molecule has 7 heteroatoms. The molecule has 0 spiro atoms. The minimum Gasteiger partial charge on any atom is -0.451 e. The average Bonchev–Trinajstić information content (AvgIpc) is 3.15. The van der Waals surface area contributed by atoms with Crippen molar-refractivity contribution in [2.45, 2.75) is 38.8 Å². The molecule has 142 valence electrons. The van der Waals surface area contributed by atoms with Gasteiger partial charge in [-0.05, 0) is 69.5 Å². The maximum absolute atomic E-state index is 12.7. The van der Waals surface area contributed by atoms with Crippen LogP contribution in [-0.4, -0.2) is 40.9 Å². The number of furan rings is 1. The van der Waals surface area contributed by atoms with Crippen molar-refractivity contribution in [3.05, 3.63) is 51.8 Å². The highest BCUT2D eigenvalue weighted by atomic mass is 16.6. The van der Waals surface area contributed by atoms with Gasteiger partial charge in [-0.15, -0.1) is 0 Å². The van der Waals surface area contributed by atoms with E-state index in [2.05, 4.69) is 17.1 Å². The Morgan fingerprint density at radius 1 is 1.26 bits per heavy atom. The van der Waals surface area contributed by atoms with Crippen LogP contribution in [0.25, 0.3) is 11.3 Å². The van der Waals surface area contributed by atoms with E-state index in [1.165, 1.54) is 6.07 Å². The van der Waals surface area contributed by atoms with Gasteiger partial charge in [0.25, 0.3) is 11.6 Å². The van der Waals surface area contributed by atoms with Crippen molar-refractivity contribution in [3.8, 4) is 11.3 Å². The van der Waals surface area contributed by atoms with Gasteiger partial charge in [0, 0.05) is 18.2 Å². The number of nitrogens with zero attached hydrogens (tertiary/aromatic N) is 2. The van der Waals surface area contributed by atoms with Gasteiger partial charge in [-0.2, -0.15) is 0 Å². The van der Waals surface area contributed by atoms with Crippen molar-refractivity contribution >= 4 is 11.6 Å². The fourth-order valence-corrected chi connectivity index (χ4v) is 4.37. The number of hydrogen-bond acceptors (Lipinski definition) is 5. The van der Waals surface area contributed by atoms with Crippen LogP contribution in [0.15, 0.2) is 34.7 Å². The Bertz CT molecular complexity index is 881. The number of amides is 1. The minimum absolute atomic E-state index is 0.0256. The highest BCUT2D eigenvalue weighted by molar-refractivity contribution is 5.92. The molecule has 27 heavy (non-hydrogen) atoms. The largest absolute Gasteiger partial charge is 0.451 e. The molecule has 0 radical (unpaired) electrons. The highest BCUT2D eigenvalue weighted by Gasteiger charge is 2.40. The fourth-order valence-electron chi connectivity index (χ4n) is 4.37. The molecule has 3 aliphatic heterocycles. The molecule has 2 bridgehead atoms. The Kier molecular flexibility index (Phi) is 4.47. The van der Waals surface area contributed by atoms with Gasteiger partial charge in [-0.3, -0.25) is 19.8 Å². The monoisotopic (exact) mass is 369 g/mol. The van der Waals surface area contributed by atoms with Gasteiger partial charge in [-0.25, -0.2) is 0 Å². The predicted octanol–water partition coefficient (Wildman–Crippen LogP) is 3.38. The first-order valence-corrected chi connectivity index (χ1v) is 9.34. The lowest BCUT2D eigenvalue weighted by Gasteiger charge is -2.49. The summed E-state index contributed by atoms with van der Waals surface area (Å²) in [5, 5.41) is 14.5. The standard InChI is InChI=1S/C20H23N3O4/c1-12-3-4-15(16(11-12)23(25)26)17-5-6-18(27-17)20(24)21-19-13(2)22-9-7-14(19)8-10-22/h3-6,11,13-14,19H,7-10H2,1-2H3,(H,21,24)/t13-,19+/m1/s1. The van der Waals surface area contributed by atoms with Crippen molar-refractivity contribution in [1.82, 2.24) is 10.2 Å². The van der Waals surface area contributed by atoms with Crippen LogP contribution in [0.5, 0.6) is 0 Å². The van der Waals surface area contributed by atoms with Crippen molar-refractivity contribution in [2.24, 2.45) is 5.92 Å². The first kappa shape index (κ1) is 17.7. The number of nitro benzene ring substituents is 1. The number of benzene rings is 1. The number of carbonyl (C=O) groups excluding carboxylic acids is 1. The van der Waals surface area contributed by atoms with E-state index in [-0.39, 0.29) is 23.4 Å². The zero-order valence-electron chi connectivity index (χ0n) is 15.5. The predicted molar refractivity (Wildman–Crippen MR) is 101 cm³/mol. The zero-order valence-corrected chi connectivity index (χ0v) is 15.5. The molecule has 0 unspecified atom stereocenters. The van der Waals surface area contributed by atoms with Crippen LogP contribution in [-0.2, 0) is 0 Å². The van der Waals surface area contributed by atoms with E-state index < -0.39 is 4.92 Å². The first-order chi connectivity index (χ1) is 12.9. The summed E-state index contributed by atoms with van der Waals surface area (Å²) in [6.45, 7) is 6.15. The van der Waals surface area contributed by atoms with E-state index >= 15 is 0 Å². The molecular formula is C20H23N3O4. The second-order valence-electron chi connectivity index (χ2n) is 7.55. The molecular weight excluding hydrogens is 346 g/mol. The van der Waals surface area contributed by atoms with Crippen molar-refractivity contribution in [2.75, 3.05) is 13.1 Å². The summed E-state index contributed by atoms with van der Waals surface area (Å²) >= 11 is 0. The van der Waals surface area contributed by atoms with Gasteiger partial charge in [0.05, 0.1) is 10.5 Å². The molecule has 0 aliphatic carbocycles. The van der Waals surface area contributed by atoms with Crippen LogP contribution in [0.2, 0.25) is 0 Å². The summed E-state index contributed by atoms with van der Waals surface area (Å²) in [5.41, 5.74) is 1.15. The number of aryl methyl sites for hydroxylation is 1. The molecule has 3 aliphatic rings. The number of piperidine rings is 3. The van der Waals surface area contributed by atoms with Crippen LogP contribution in [0.4, 0.5) is 5.69 Å². The average molecular weight is 369 g/mol. The molecule has 2 atom stereocenters. The summed E-state index contributed by atoms with van der Waals surface area (Å²) in [4.78, 5) is 26.0. The van der Waals surface area contributed by atoms with E-state index in [0.29, 0.717) is 23.3 Å². The Balaban J connectivity index is 1.55. The summed E-state index contributed by atoms with van der Waals surface area (Å²) < 4.78 is 5.69. The van der Waals surface area contributed by atoms with Crippen LogP contribution < -0.4 is 5.32 Å². The molecule has 1 N–H and O–H groups in total. The molecule has 4 heterocycles. The third kappa shape index (κ3) is 3.23. The molecule has 1 aromatic carbocycles. The molecule has 7 nitrogen and oxygen atoms in total. The molecule has 5 rings (SSSR count). The topological polar surface area (TPSA) is 88.6 Å². The molecule has 3 saturated heterocycles. The van der Waals surface area contributed by atoms with Crippen LogP contribution in [0, 0.1) is 23.0 Å². The minimum atomic E-state index is -0.431. The van der Waals surface area contributed by atoms with E-state index in [4.69, 9.17) is 4.42 Å². The van der Waals surface area contributed by atoms with Gasteiger partial charge in [0.2, 0.25) is 0 Å². The molecule has 2 aromatic rings. The second kappa shape index (κ2) is 6.81. The molecule has 1 aromatic heterocycles. The molecule has 3 fully saturated rings. The SMILES string of the molecule is Cc1ccc(-c2ccc(C(=O)N[C@@H]3C4CCN(CC4)[C@@H]3C)o2)c([N+](=O)[O-])c1. The molecule has 1 amide bonds. The van der Waals surface area contributed by atoms with E-state index in [9.17, 15) is 14.9 Å². The van der Waals surface area contributed by atoms with Crippen molar-refractivity contribution < 1.29 is 14.1 Å². The Morgan fingerprint density at radius 3 is 2.67 bits per heavy atom. The van der Waals surface area contributed by atoms with E-state index in [0.717, 1.165) is 31.5 Å². The van der Waals surface area contributed by atoms with E-state index in [1.807, 2.05) is 0 Å². The number of hydrogen-bond donors (Lipinski definition) is 1. The second-order valence-corrected chi connectivity index (χ2v) is 7.55. The summed E-state index contributed by atoms with van der Waals surface area (Å²) in [7, 11) is 0. The van der Waals surface area contributed by atoms with Crippen molar-refractivity contribution in [3.63, 3.8) is 0 Å².